The van der Waals surface area contributed by atoms with E-state index in [1.165, 1.54) is 0 Å². The molecule has 112 valence electrons. The molecule has 1 aromatic heterocycles. The van der Waals surface area contributed by atoms with Crippen LogP contribution in [0.5, 0.6) is 0 Å². The van der Waals surface area contributed by atoms with Crippen molar-refractivity contribution >= 4 is 23.7 Å². The van der Waals surface area contributed by atoms with Crippen LogP contribution in [0.15, 0.2) is 12.1 Å². The van der Waals surface area contributed by atoms with Gasteiger partial charge in [-0.2, -0.15) is 13.2 Å². The van der Waals surface area contributed by atoms with Crippen molar-refractivity contribution in [2.24, 2.45) is 11.1 Å². The molecule has 0 unspecified atom stereocenters. The minimum atomic E-state index is -4.24. The molecule has 0 spiro atoms. The largest absolute Gasteiger partial charge is 0.425 e. The molecule has 0 aliphatic carbocycles. The highest BCUT2D eigenvalue weighted by Crippen LogP contribution is 2.35. The number of alkyl halides is 3. The fraction of sp³-hybridized carbons (Fsp3) is 0.667. The summed E-state index contributed by atoms with van der Waals surface area (Å²) in [4.78, 5) is 2.18. The zero-order valence-electron chi connectivity index (χ0n) is 11.3. The van der Waals surface area contributed by atoms with Gasteiger partial charge in [-0.05, 0) is 31.1 Å². The van der Waals surface area contributed by atoms with Gasteiger partial charge in [0.1, 0.15) is 4.88 Å². The summed E-state index contributed by atoms with van der Waals surface area (Å²) in [7, 11) is 1.89. The van der Waals surface area contributed by atoms with Crippen LogP contribution in [-0.2, 0) is 12.7 Å². The number of nitrogens with zero attached hydrogens (tertiary/aromatic N) is 1. The second-order valence-corrected chi connectivity index (χ2v) is 6.47. The number of rotatable bonds is 5. The van der Waals surface area contributed by atoms with E-state index in [1.54, 1.807) is 6.07 Å². The van der Waals surface area contributed by atoms with Crippen molar-refractivity contribution < 1.29 is 13.2 Å². The van der Waals surface area contributed by atoms with Crippen molar-refractivity contribution in [2.45, 2.75) is 26.6 Å². The van der Waals surface area contributed by atoms with Crippen molar-refractivity contribution in [3.05, 3.63) is 21.9 Å². The standard InChI is InChI=1S/C12H19F3N2S.ClH/c1-11(2,7-16)8-17(3)6-9-4-5-10(18-9)12(13,14)15;/h4-5H,6-8,16H2,1-3H3;1H. The van der Waals surface area contributed by atoms with Crippen LogP contribution in [0.1, 0.15) is 23.6 Å². The Morgan fingerprint density at radius 3 is 2.26 bits per heavy atom. The lowest BCUT2D eigenvalue weighted by Gasteiger charge is -2.28. The number of thiophene rings is 1. The van der Waals surface area contributed by atoms with Crippen molar-refractivity contribution in [2.75, 3.05) is 20.1 Å². The minimum Gasteiger partial charge on any atom is -0.330 e. The van der Waals surface area contributed by atoms with Crippen molar-refractivity contribution in [1.82, 2.24) is 4.90 Å². The van der Waals surface area contributed by atoms with Gasteiger partial charge in [0.25, 0.3) is 0 Å². The molecule has 0 saturated heterocycles. The van der Waals surface area contributed by atoms with Crippen LogP contribution in [0.4, 0.5) is 13.2 Å². The van der Waals surface area contributed by atoms with E-state index >= 15 is 0 Å². The van der Waals surface area contributed by atoms with Gasteiger partial charge in [-0.25, -0.2) is 0 Å². The lowest BCUT2D eigenvalue weighted by Crippen LogP contribution is -2.36. The molecule has 0 aliphatic rings. The third kappa shape index (κ3) is 6.12. The van der Waals surface area contributed by atoms with E-state index in [4.69, 9.17) is 5.73 Å². The summed E-state index contributed by atoms with van der Waals surface area (Å²) in [5.41, 5.74) is 5.61. The van der Waals surface area contributed by atoms with Crippen LogP contribution in [0, 0.1) is 5.41 Å². The Kier molecular flexibility index (Phi) is 6.82. The molecule has 7 heteroatoms. The Morgan fingerprint density at radius 2 is 1.84 bits per heavy atom. The first-order valence-corrected chi connectivity index (χ1v) is 6.50. The quantitative estimate of drug-likeness (QED) is 0.899. The van der Waals surface area contributed by atoms with Gasteiger partial charge >= 0.3 is 6.18 Å². The van der Waals surface area contributed by atoms with Gasteiger partial charge in [0.15, 0.2) is 0 Å². The summed E-state index contributed by atoms with van der Waals surface area (Å²) in [5.74, 6) is 0. The smallest absolute Gasteiger partial charge is 0.330 e. The Morgan fingerprint density at radius 1 is 1.26 bits per heavy atom. The van der Waals surface area contributed by atoms with E-state index < -0.39 is 11.1 Å². The third-order valence-corrected chi connectivity index (χ3v) is 3.73. The topological polar surface area (TPSA) is 29.3 Å². The molecule has 0 amide bonds. The molecule has 0 fully saturated rings. The maximum Gasteiger partial charge on any atom is 0.425 e. The van der Waals surface area contributed by atoms with E-state index in [2.05, 4.69) is 0 Å². The fourth-order valence-electron chi connectivity index (χ4n) is 1.73. The fourth-order valence-corrected chi connectivity index (χ4v) is 2.69. The second-order valence-electron chi connectivity index (χ2n) is 5.30. The first-order valence-electron chi connectivity index (χ1n) is 5.68. The highest BCUT2D eigenvalue weighted by Gasteiger charge is 2.32. The summed E-state index contributed by atoms with van der Waals surface area (Å²) in [6.07, 6.45) is -4.24. The van der Waals surface area contributed by atoms with Crippen LogP contribution in [0.25, 0.3) is 0 Å². The molecule has 0 radical (unpaired) electrons. The summed E-state index contributed by atoms with van der Waals surface area (Å²) in [5, 5.41) is 0. The lowest BCUT2D eigenvalue weighted by atomic mass is 9.93. The molecular formula is C12H20ClF3N2S. The highest BCUT2D eigenvalue weighted by molar-refractivity contribution is 7.12. The van der Waals surface area contributed by atoms with Gasteiger partial charge in [0.2, 0.25) is 0 Å². The first-order chi connectivity index (χ1) is 8.14. The average Bonchev–Trinajstić information content (AvgIpc) is 2.64. The zero-order chi connectivity index (χ0) is 14.0. The monoisotopic (exact) mass is 316 g/mol. The van der Waals surface area contributed by atoms with E-state index in [9.17, 15) is 13.2 Å². The van der Waals surface area contributed by atoms with Gasteiger partial charge in [-0.1, -0.05) is 13.8 Å². The van der Waals surface area contributed by atoms with Gasteiger partial charge < -0.3 is 10.6 Å². The van der Waals surface area contributed by atoms with E-state index in [-0.39, 0.29) is 17.8 Å². The number of hydrogen-bond donors (Lipinski definition) is 1. The summed E-state index contributed by atoms with van der Waals surface area (Å²) in [6, 6.07) is 2.68. The summed E-state index contributed by atoms with van der Waals surface area (Å²) >= 11 is 0.804. The minimum absolute atomic E-state index is 0. The van der Waals surface area contributed by atoms with Gasteiger partial charge in [0.05, 0.1) is 0 Å². The molecule has 0 saturated carbocycles. The average molecular weight is 317 g/mol. The van der Waals surface area contributed by atoms with E-state index in [0.717, 1.165) is 28.8 Å². The summed E-state index contributed by atoms with van der Waals surface area (Å²) in [6.45, 7) is 5.90. The molecule has 0 aromatic carbocycles. The summed E-state index contributed by atoms with van der Waals surface area (Å²) < 4.78 is 37.3. The Hall–Kier alpha value is -0.300. The molecule has 0 aliphatic heterocycles. The predicted octanol–water partition coefficient (Wildman–Crippen LogP) is 3.61. The van der Waals surface area contributed by atoms with Gasteiger partial charge in [-0.3, -0.25) is 0 Å². The Balaban J connectivity index is 0.00000324. The van der Waals surface area contributed by atoms with Crippen molar-refractivity contribution in [1.29, 1.82) is 0 Å². The predicted molar refractivity (Wildman–Crippen MR) is 75.7 cm³/mol. The van der Waals surface area contributed by atoms with E-state index in [1.807, 2.05) is 25.8 Å². The molecule has 19 heavy (non-hydrogen) atoms. The SMILES string of the molecule is CN(Cc1ccc(C(F)(F)F)s1)CC(C)(C)CN.Cl. The Labute approximate surface area is 122 Å². The number of halogens is 4. The van der Waals surface area contributed by atoms with Crippen molar-refractivity contribution in [3.63, 3.8) is 0 Å². The number of hydrogen-bond acceptors (Lipinski definition) is 3. The zero-order valence-corrected chi connectivity index (χ0v) is 12.9. The highest BCUT2D eigenvalue weighted by atomic mass is 35.5. The molecule has 0 atom stereocenters. The lowest BCUT2D eigenvalue weighted by molar-refractivity contribution is -0.134. The second kappa shape index (κ2) is 6.92. The van der Waals surface area contributed by atoms with E-state index in [0.29, 0.717) is 13.1 Å². The first kappa shape index (κ1) is 18.7. The van der Waals surface area contributed by atoms with Gasteiger partial charge in [0, 0.05) is 18.0 Å². The number of nitrogens with two attached hydrogens (primary N) is 1. The van der Waals surface area contributed by atoms with Crippen LogP contribution >= 0.6 is 23.7 Å². The molecular weight excluding hydrogens is 297 g/mol. The van der Waals surface area contributed by atoms with Crippen molar-refractivity contribution in [3.8, 4) is 0 Å². The van der Waals surface area contributed by atoms with Crippen LogP contribution in [-0.4, -0.2) is 25.0 Å². The molecule has 2 N–H and O–H groups in total. The maximum absolute atomic E-state index is 12.4. The van der Waals surface area contributed by atoms with Crippen LogP contribution in [0.2, 0.25) is 0 Å². The van der Waals surface area contributed by atoms with Gasteiger partial charge in [-0.15, -0.1) is 23.7 Å². The molecule has 1 aromatic rings. The molecule has 0 bridgehead atoms. The molecule has 2 nitrogen and oxygen atoms in total. The molecule has 1 rings (SSSR count). The third-order valence-electron chi connectivity index (χ3n) is 2.62. The van der Waals surface area contributed by atoms with Crippen LogP contribution in [0.3, 0.4) is 0 Å². The molecule has 1 heterocycles. The van der Waals surface area contributed by atoms with Crippen LogP contribution < -0.4 is 5.73 Å². The Bertz CT molecular complexity index is 391. The normalized spacial score (nSPS) is 12.6. The maximum atomic E-state index is 12.4.